The average Bonchev–Trinajstić information content (AvgIpc) is 2.78. The van der Waals surface area contributed by atoms with Crippen molar-refractivity contribution in [2.24, 2.45) is 0 Å². The molecule has 1 aromatic heterocycles. The average molecular weight is 333 g/mol. The van der Waals surface area contributed by atoms with Crippen LogP contribution in [0.2, 0.25) is 10.0 Å². The SMILES string of the molecule is CC(C)(C)NCc1nnc(Nc2c(Cl)cc(F)cc2Cl)o1. The first kappa shape index (κ1) is 16.0. The summed E-state index contributed by atoms with van der Waals surface area (Å²) in [5, 5.41) is 14.0. The fraction of sp³-hybridized carbons (Fsp3) is 0.385. The number of hydrogen-bond donors (Lipinski definition) is 2. The van der Waals surface area contributed by atoms with E-state index >= 15 is 0 Å². The zero-order valence-electron chi connectivity index (χ0n) is 11.8. The molecule has 0 spiro atoms. The van der Waals surface area contributed by atoms with Crippen molar-refractivity contribution in [1.82, 2.24) is 15.5 Å². The van der Waals surface area contributed by atoms with Crippen molar-refractivity contribution < 1.29 is 8.81 Å². The predicted molar refractivity (Wildman–Crippen MR) is 80.6 cm³/mol. The third-order valence-corrected chi connectivity index (χ3v) is 3.07. The van der Waals surface area contributed by atoms with Crippen molar-refractivity contribution in [3.63, 3.8) is 0 Å². The van der Waals surface area contributed by atoms with E-state index in [1.165, 1.54) is 0 Å². The summed E-state index contributed by atoms with van der Waals surface area (Å²) in [7, 11) is 0. The Hall–Kier alpha value is -1.37. The van der Waals surface area contributed by atoms with E-state index in [2.05, 4.69) is 20.8 Å². The molecule has 1 aromatic carbocycles. The predicted octanol–water partition coefficient (Wildman–Crippen LogP) is 4.15. The lowest BCUT2D eigenvalue weighted by Crippen LogP contribution is -2.35. The molecule has 1 heterocycles. The van der Waals surface area contributed by atoms with E-state index < -0.39 is 5.82 Å². The number of hydrogen-bond acceptors (Lipinski definition) is 5. The van der Waals surface area contributed by atoms with Crippen LogP contribution in [0.15, 0.2) is 16.5 Å². The number of anilines is 2. The summed E-state index contributed by atoms with van der Waals surface area (Å²) in [4.78, 5) is 0. The van der Waals surface area contributed by atoms with Gasteiger partial charge >= 0.3 is 6.01 Å². The van der Waals surface area contributed by atoms with E-state index in [1.54, 1.807) is 0 Å². The number of aromatic nitrogens is 2. The summed E-state index contributed by atoms with van der Waals surface area (Å²) in [6.07, 6.45) is 0. The van der Waals surface area contributed by atoms with Gasteiger partial charge in [-0.25, -0.2) is 4.39 Å². The van der Waals surface area contributed by atoms with Crippen molar-refractivity contribution in [3.8, 4) is 0 Å². The van der Waals surface area contributed by atoms with Crippen molar-refractivity contribution in [1.29, 1.82) is 0 Å². The summed E-state index contributed by atoms with van der Waals surface area (Å²) in [6.45, 7) is 6.52. The second-order valence-electron chi connectivity index (χ2n) is 5.47. The maximum Gasteiger partial charge on any atom is 0.320 e. The third-order valence-electron chi connectivity index (χ3n) is 2.48. The first-order valence-corrected chi connectivity index (χ1v) is 6.99. The van der Waals surface area contributed by atoms with Crippen molar-refractivity contribution in [2.45, 2.75) is 32.9 Å². The standard InChI is InChI=1S/C13H15Cl2FN4O/c1-13(2,3)17-6-10-19-20-12(21-10)18-11-8(14)4-7(16)5-9(11)15/h4-5,17H,6H2,1-3H3,(H,18,20). The first-order valence-electron chi connectivity index (χ1n) is 6.23. The van der Waals surface area contributed by atoms with Gasteiger partial charge in [0.05, 0.1) is 22.3 Å². The number of halogens is 3. The topological polar surface area (TPSA) is 63.0 Å². The Morgan fingerprint density at radius 1 is 1.19 bits per heavy atom. The summed E-state index contributed by atoms with van der Waals surface area (Å²) in [5.74, 6) is -0.0991. The van der Waals surface area contributed by atoms with Crippen molar-refractivity contribution in [3.05, 3.63) is 33.9 Å². The van der Waals surface area contributed by atoms with Gasteiger partial charge in [-0.15, -0.1) is 5.10 Å². The molecule has 21 heavy (non-hydrogen) atoms. The van der Waals surface area contributed by atoms with Crippen LogP contribution in [0.5, 0.6) is 0 Å². The number of nitrogens with zero attached hydrogens (tertiary/aromatic N) is 2. The summed E-state index contributed by atoms with van der Waals surface area (Å²) in [6, 6.07) is 2.43. The lowest BCUT2D eigenvalue weighted by atomic mass is 10.1. The number of rotatable bonds is 4. The van der Waals surface area contributed by atoms with Crippen LogP contribution >= 0.6 is 23.2 Å². The lowest BCUT2D eigenvalue weighted by molar-refractivity contribution is 0.384. The van der Waals surface area contributed by atoms with Crippen LogP contribution in [0.25, 0.3) is 0 Å². The minimum Gasteiger partial charge on any atom is -0.406 e. The Balaban J connectivity index is 2.10. The quantitative estimate of drug-likeness (QED) is 0.880. The van der Waals surface area contributed by atoms with Gasteiger partial charge in [-0.3, -0.25) is 0 Å². The van der Waals surface area contributed by atoms with Gasteiger partial charge in [0.2, 0.25) is 5.89 Å². The molecule has 0 atom stereocenters. The Bertz CT molecular complexity index is 616. The Morgan fingerprint density at radius 3 is 2.38 bits per heavy atom. The molecular formula is C13H15Cl2FN4O. The largest absolute Gasteiger partial charge is 0.406 e. The highest BCUT2D eigenvalue weighted by molar-refractivity contribution is 6.39. The zero-order valence-corrected chi connectivity index (χ0v) is 13.3. The van der Waals surface area contributed by atoms with E-state index in [1.807, 2.05) is 20.8 Å². The van der Waals surface area contributed by atoms with Gasteiger partial charge in [0.1, 0.15) is 5.82 Å². The fourth-order valence-electron chi connectivity index (χ4n) is 1.48. The molecule has 8 heteroatoms. The highest BCUT2D eigenvalue weighted by atomic mass is 35.5. The van der Waals surface area contributed by atoms with Crippen LogP contribution in [-0.4, -0.2) is 15.7 Å². The van der Waals surface area contributed by atoms with Crippen LogP contribution in [0.3, 0.4) is 0 Å². The molecule has 0 saturated heterocycles. The van der Waals surface area contributed by atoms with E-state index in [9.17, 15) is 4.39 Å². The molecule has 2 aromatic rings. The van der Waals surface area contributed by atoms with Gasteiger partial charge in [-0.1, -0.05) is 28.3 Å². The second kappa shape index (κ2) is 6.17. The van der Waals surface area contributed by atoms with Crippen LogP contribution < -0.4 is 10.6 Å². The molecule has 2 rings (SSSR count). The number of nitrogens with one attached hydrogen (secondary N) is 2. The number of benzene rings is 1. The van der Waals surface area contributed by atoms with Gasteiger partial charge < -0.3 is 15.1 Å². The highest BCUT2D eigenvalue weighted by Gasteiger charge is 2.14. The van der Waals surface area contributed by atoms with Gasteiger partial charge in [0.25, 0.3) is 0 Å². The second-order valence-corrected chi connectivity index (χ2v) is 6.29. The molecule has 0 aliphatic rings. The molecule has 0 radical (unpaired) electrons. The summed E-state index contributed by atoms with van der Waals surface area (Å²) >= 11 is 11.8. The molecule has 0 unspecified atom stereocenters. The Labute approximate surface area is 131 Å². The minimum absolute atomic E-state index is 0.0639. The summed E-state index contributed by atoms with van der Waals surface area (Å²) in [5.41, 5.74) is 0.254. The molecule has 0 fully saturated rings. The normalized spacial score (nSPS) is 11.7. The van der Waals surface area contributed by atoms with Crippen LogP contribution in [0.4, 0.5) is 16.1 Å². The molecule has 5 nitrogen and oxygen atoms in total. The van der Waals surface area contributed by atoms with Crippen LogP contribution in [0, 0.1) is 5.82 Å². The van der Waals surface area contributed by atoms with E-state index in [-0.39, 0.29) is 21.6 Å². The maximum atomic E-state index is 13.1. The van der Waals surface area contributed by atoms with Gasteiger partial charge in [0.15, 0.2) is 0 Å². The van der Waals surface area contributed by atoms with Gasteiger partial charge in [-0.05, 0) is 32.9 Å². The molecule has 114 valence electrons. The maximum absolute atomic E-state index is 13.1. The summed E-state index contributed by atoms with van der Waals surface area (Å²) < 4.78 is 18.5. The van der Waals surface area contributed by atoms with Gasteiger partial charge in [0, 0.05) is 5.54 Å². The van der Waals surface area contributed by atoms with E-state index in [0.29, 0.717) is 18.1 Å². The molecule has 0 aliphatic heterocycles. The lowest BCUT2D eigenvalue weighted by Gasteiger charge is -2.18. The minimum atomic E-state index is -0.517. The third kappa shape index (κ3) is 4.56. The monoisotopic (exact) mass is 332 g/mol. The molecular weight excluding hydrogens is 318 g/mol. The molecule has 0 bridgehead atoms. The van der Waals surface area contributed by atoms with Gasteiger partial charge in [-0.2, -0.15) is 0 Å². The van der Waals surface area contributed by atoms with E-state index in [4.69, 9.17) is 27.6 Å². The molecule has 2 N–H and O–H groups in total. The Morgan fingerprint density at radius 2 is 1.81 bits per heavy atom. The Kier molecular flexibility index (Phi) is 4.70. The molecule has 0 aliphatic carbocycles. The van der Waals surface area contributed by atoms with E-state index in [0.717, 1.165) is 12.1 Å². The van der Waals surface area contributed by atoms with Crippen LogP contribution in [-0.2, 0) is 6.54 Å². The first-order chi connectivity index (χ1) is 9.74. The fourth-order valence-corrected chi connectivity index (χ4v) is 2.04. The van der Waals surface area contributed by atoms with Crippen molar-refractivity contribution >= 4 is 34.9 Å². The smallest absolute Gasteiger partial charge is 0.320 e. The highest BCUT2D eigenvalue weighted by Crippen LogP contribution is 2.33. The van der Waals surface area contributed by atoms with Crippen molar-refractivity contribution in [2.75, 3.05) is 5.32 Å². The molecule has 0 saturated carbocycles. The van der Waals surface area contributed by atoms with Crippen LogP contribution in [0.1, 0.15) is 26.7 Å². The zero-order chi connectivity index (χ0) is 15.6. The molecule has 0 amide bonds.